The number of ether oxygens (including phenoxy) is 4. The molecule has 0 aliphatic carbocycles. The monoisotopic (exact) mass is 1510 g/mol. The molecule has 10 aromatic rings. The van der Waals surface area contributed by atoms with Crippen LogP contribution >= 0.6 is 11.6 Å². The number of hydrogen-bond acceptors (Lipinski definition) is 21. The second kappa shape index (κ2) is 30.2. The van der Waals surface area contributed by atoms with E-state index in [1.165, 1.54) is 53.4 Å². The average molecular weight is 1510 g/mol. The summed E-state index contributed by atoms with van der Waals surface area (Å²) in [6, 6.07) is 10.8. The predicted molar refractivity (Wildman–Crippen MR) is 401 cm³/mol. The van der Waals surface area contributed by atoms with Crippen LogP contribution in [0, 0.1) is 57.3 Å². The third kappa shape index (κ3) is 14.4. The highest BCUT2D eigenvalue weighted by atomic mass is 35.5. The fourth-order valence-electron chi connectivity index (χ4n) is 14.0. The Bertz CT molecular complexity index is 5090. The molecule has 10 heterocycles. The van der Waals surface area contributed by atoms with Crippen LogP contribution in [0.1, 0.15) is 117 Å². The van der Waals surface area contributed by atoms with Crippen molar-refractivity contribution in [3.63, 3.8) is 0 Å². The number of alkyl halides is 1. The van der Waals surface area contributed by atoms with E-state index in [2.05, 4.69) is 29.9 Å². The number of aliphatic hydroxyl groups excluding tert-OH is 1. The van der Waals surface area contributed by atoms with E-state index in [9.17, 15) is 44.5 Å². The topological polar surface area (TPSA) is 312 Å². The van der Waals surface area contributed by atoms with Crippen molar-refractivity contribution >= 4 is 90.1 Å². The van der Waals surface area contributed by atoms with Gasteiger partial charge in [0.15, 0.2) is 11.3 Å². The van der Waals surface area contributed by atoms with Gasteiger partial charge in [-0.1, -0.05) is 39.8 Å². The van der Waals surface area contributed by atoms with Gasteiger partial charge in [0.2, 0.25) is 11.8 Å². The summed E-state index contributed by atoms with van der Waals surface area (Å²) in [7, 11) is 2.68. The minimum Gasteiger partial charge on any atom is -0.481 e. The number of aliphatic hydroxyl groups is 1. The predicted octanol–water partition coefficient (Wildman–Crippen LogP) is 14.1. The van der Waals surface area contributed by atoms with Gasteiger partial charge in [0.05, 0.1) is 98.2 Å². The van der Waals surface area contributed by atoms with E-state index in [0.29, 0.717) is 33.3 Å². The number of piperazine rings is 2. The Morgan fingerprint density at radius 2 is 0.944 bits per heavy atom. The molecule has 0 bridgehead atoms. The molecule has 8 aromatic heterocycles. The lowest BCUT2D eigenvalue weighted by Crippen LogP contribution is -2.61. The third-order valence-electron chi connectivity index (χ3n) is 18.8. The van der Waals surface area contributed by atoms with E-state index in [1.807, 2.05) is 27.7 Å². The van der Waals surface area contributed by atoms with Crippen molar-refractivity contribution in [3.05, 3.63) is 172 Å². The summed E-state index contributed by atoms with van der Waals surface area (Å²) in [5, 5.41) is 37.8. The van der Waals surface area contributed by atoms with E-state index in [-0.39, 0.29) is 122 Å². The molecule has 568 valence electrons. The second-order valence-corrected chi connectivity index (χ2v) is 29.5. The Morgan fingerprint density at radius 3 is 1.29 bits per heavy atom. The van der Waals surface area contributed by atoms with Crippen LogP contribution in [-0.4, -0.2) is 164 Å². The van der Waals surface area contributed by atoms with Crippen LogP contribution < -0.4 is 30.4 Å². The van der Waals surface area contributed by atoms with Gasteiger partial charge >= 0.3 is 34.7 Å². The molecule has 32 heteroatoms. The van der Waals surface area contributed by atoms with E-state index < -0.39 is 121 Å². The summed E-state index contributed by atoms with van der Waals surface area (Å²) in [4.78, 5) is 113. The molecule has 1 N–H and O–H groups in total. The number of aromatic nitrogens is 8. The zero-order chi connectivity index (χ0) is 78.8. The van der Waals surface area contributed by atoms with Gasteiger partial charge < -0.3 is 43.7 Å². The minimum atomic E-state index is -1.11. The number of aryl methyl sites for hydroxylation is 2. The van der Waals surface area contributed by atoms with Crippen LogP contribution in [-0.2, 0) is 9.47 Å². The van der Waals surface area contributed by atoms with Crippen molar-refractivity contribution in [2.45, 2.75) is 144 Å². The molecular formula is C76H81ClF4N14O13. The summed E-state index contributed by atoms with van der Waals surface area (Å²) < 4.78 is 89.9. The Labute approximate surface area is 621 Å². The SMILES string of the molecule is COc1nccc2ccc(F)c(-c3nc4c(cc3F)c(N3C[C@@H](C)N(C(=O)OC(C)(C)C)C[C@@H]3CCl)c([N+](=O)[O-])c(=O)n4-c3c(C)ccnc3C(C)C)c12.COc1nccc2ccc(F)c(-c3nc4c(cc3F)c(N3C[C@@H](C)N(C(=O)OC(C)(C)C)C[C@@H]3CO)c([N+](=O)[O-])c(=O)n4-c3c(C)ccnc3C(C)C)c12. The normalized spacial score (nSPS) is 16.4. The van der Waals surface area contributed by atoms with E-state index in [0.717, 1.165) is 33.4 Å². The lowest BCUT2D eigenvalue weighted by atomic mass is 10.00. The molecule has 2 aromatic carbocycles. The van der Waals surface area contributed by atoms with Crippen LogP contribution in [0.4, 0.5) is 49.9 Å². The average Bonchev–Trinajstić information content (AvgIpc) is 0.721. The molecule has 12 rings (SSSR count). The Balaban J connectivity index is 0.000000215. The van der Waals surface area contributed by atoms with Gasteiger partial charge in [0.1, 0.15) is 57.2 Å². The van der Waals surface area contributed by atoms with Crippen LogP contribution in [0.5, 0.6) is 11.8 Å². The van der Waals surface area contributed by atoms with Crippen LogP contribution in [0.15, 0.2) is 95.0 Å². The number of benzene rings is 2. The summed E-state index contributed by atoms with van der Waals surface area (Å²) >= 11 is 6.51. The maximum absolute atomic E-state index is 16.9. The molecule has 2 aliphatic heterocycles. The number of anilines is 2. The quantitative estimate of drug-likeness (QED) is 0.0457. The minimum absolute atomic E-state index is 0.00194. The molecule has 0 unspecified atom stereocenters. The number of amides is 2. The van der Waals surface area contributed by atoms with Crippen molar-refractivity contribution in [3.8, 4) is 45.6 Å². The fourth-order valence-corrected chi connectivity index (χ4v) is 14.3. The fraction of sp³-hybridized carbons (Fsp3) is 0.395. The van der Waals surface area contributed by atoms with Crippen molar-refractivity contribution in [1.29, 1.82) is 0 Å². The van der Waals surface area contributed by atoms with Gasteiger partial charge in [0, 0.05) is 68.9 Å². The number of nitro groups is 2. The second-order valence-electron chi connectivity index (χ2n) is 29.2. The number of carbonyl (C=O) groups excluding carboxylic acids is 2. The largest absolute Gasteiger partial charge is 0.481 e. The summed E-state index contributed by atoms with van der Waals surface area (Å²) in [6.07, 6.45) is 4.76. The molecule has 2 saturated heterocycles. The number of pyridine rings is 8. The third-order valence-corrected chi connectivity index (χ3v) is 19.1. The van der Waals surface area contributed by atoms with Crippen molar-refractivity contribution < 1.29 is 61.1 Å². The first-order valence-electron chi connectivity index (χ1n) is 34.7. The smallest absolute Gasteiger partial charge is 0.410 e. The molecule has 0 spiro atoms. The first kappa shape index (κ1) is 77.9. The summed E-state index contributed by atoms with van der Waals surface area (Å²) in [5.74, 6) is -4.47. The Morgan fingerprint density at radius 1 is 0.574 bits per heavy atom. The Kier molecular flexibility index (Phi) is 21.8. The van der Waals surface area contributed by atoms with Crippen molar-refractivity contribution in [1.82, 2.24) is 48.8 Å². The summed E-state index contributed by atoms with van der Waals surface area (Å²) in [5.41, 5.74) is -5.79. The number of methoxy groups -OCH3 is 2. The molecule has 0 radical (unpaired) electrons. The number of halogens is 5. The van der Waals surface area contributed by atoms with Crippen molar-refractivity contribution in [2.75, 3.05) is 62.7 Å². The molecule has 2 aliphatic rings. The maximum Gasteiger partial charge on any atom is 0.410 e. The molecule has 0 saturated carbocycles. The summed E-state index contributed by atoms with van der Waals surface area (Å²) in [6.45, 7) is 23.6. The number of carbonyl (C=O) groups is 2. The van der Waals surface area contributed by atoms with Gasteiger partial charge in [-0.2, -0.15) is 0 Å². The zero-order valence-corrected chi connectivity index (χ0v) is 63.0. The highest BCUT2D eigenvalue weighted by Gasteiger charge is 2.45. The molecule has 4 atom stereocenters. The lowest BCUT2D eigenvalue weighted by Gasteiger charge is -2.45. The van der Waals surface area contributed by atoms with E-state index >= 15 is 17.6 Å². The van der Waals surface area contributed by atoms with Gasteiger partial charge in [-0.15, -0.1) is 11.6 Å². The highest BCUT2D eigenvalue weighted by Crippen LogP contribution is 2.46. The van der Waals surface area contributed by atoms with Crippen LogP contribution in [0.25, 0.3) is 77.5 Å². The molecule has 2 amide bonds. The molecule has 27 nitrogen and oxygen atoms in total. The first-order chi connectivity index (χ1) is 51.0. The molecule has 108 heavy (non-hydrogen) atoms. The Hall–Kier alpha value is -11.2. The highest BCUT2D eigenvalue weighted by molar-refractivity contribution is 6.18. The van der Waals surface area contributed by atoms with Crippen LogP contribution in [0.3, 0.4) is 0 Å². The number of hydrogen-bond donors (Lipinski definition) is 1. The molecule has 2 fully saturated rings. The standard InChI is InChI=1S/C38H40ClF2N7O6.C38H41F2N7O7/c1-19(2)29-31(20(3)11-13-42-29)47-34-24(15-26(41)30(44-34)28-25(40)10-9-22-12-14-43-35(53-8)27(22)28)32(33(36(47)49)48(51)52)46-17-21(4)45(18-23(46)16-39)37(50)54-38(5,6)7;1-19(2)29-31(20(3)11-13-41-29)46-34-24(15-26(40)30(43-34)28-25(39)10-9-22-12-14-42-35(53-8)27(22)28)32(33(36(46)49)47(51)52)45-16-21(4)44(17-23(45)18-48)37(50)54-38(5,6)7/h9-15,19,21,23H,16-18H2,1-8H3;9-15,19,21,23,48H,16-18H2,1-8H3/t21-,23+;21-,23-/m11/s1. The number of fused-ring (bicyclic) bond motifs is 4. The maximum atomic E-state index is 16.9. The van der Waals surface area contributed by atoms with Crippen LogP contribution in [0.2, 0.25) is 0 Å². The van der Waals surface area contributed by atoms with E-state index in [4.69, 9.17) is 30.5 Å². The van der Waals surface area contributed by atoms with E-state index in [1.54, 1.807) is 111 Å². The van der Waals surface area contributed by atoms with Crippen molar-refractivity contribution in [2.24, 2.45) is 0 Å². The number of rotatable bonds is 14. The number of nitrogens with zero attached hydrogens (tertiary/aromatic N) is 14. The first-order valence-corrected chi connectivity index (χ1v) is 35.2. The van der Waals surface area contributed by atoms with Gasteiger partial charge in [-0.3, -0.25) is 48.9 Å². The molecular weight excluding hydrogens is 1430 g/mol. The zero-order valence-electron chi connectivity index (χ0n) is 62.3. The van der Waals surface area contributed by atoms with Gasteiger partial charge in [-0.05, 0) is 152 Å². The lowest BCUT2D eigenvalue weighted by molar-refractivity contribution is -0.385. The van der Waals surface area contributed by atoms with Gasteiger partial charge in [-0.25, -0.2) is 47.1 Å². The van der Waals surface area contributed by atoms with Gasteiger partial charge in [0.25, 0.3) is 0 Å².